The van der Waals surface area contributed by atoms with Crippen LogP contribution in [0, 0.1) is 23.2 Å². The van der Waals surface area contributed by atoms with Gasteiger partial charge >= 0.3 is 0 Å². The molecule has 1 aliphatic heterocycles. The average Bonchev–Trinajstić information content (AvgIpc) is 2.45. The number of morpholine rings is 1. The van der Waals surface area contributed by atoms with Crippen molar-refractivity contribution in [3.63, 3.8) is 0 Å². The minimum absolute atomic E-state index is 0. The van der Waals surface area contributed by atoms with Gasteiger partial charge in [0.05, 0.1) is 13.2 Å². The van der Waals surface area contributed by atoms with Crippen LogP contribution in [0.4, 0.5) is 0 Å². The van der Waals surface area contributed by atoms with Crippen LogP contribution in [0.1, 0.15) is 38.5 Å². The molecule has 5 fully saturated rings. The Bertz CT molecular complexity index is 388. The molecule has 1 heterocycles. The summed E-state index contributed by atoms with van der Waals surface area (Å²) in [7, 11) is 2.00. The second-order valence-corrected chi connectivity index (χ2v) is 8.19. The number of likely N-dealkylation sites (N-methyl/N-ethyl adjacent to an activating group) is 1. The van der Waals surface area contributed by atoms with E-state index >= 15 is 0 Å². The lowest BCUT2D eigenvalue weighted by molar-refractivity contribution is -0.140. The summed E-state index contributed by atoms with van der Waals surface area (Å²) in [4.78, 5) is 14.6. The molecule has 4 aliphatic carbocycles. The van der Waals surface area contributed by atoms with E-state index in [1.807, 2.05) is 11.9 Å². The molecule has 1 atom stereocenters. The summed E-state index contributed by atoms with van der Waals surface area (Å²) >= 11 is 0. The smallest absolute Gasteiger partial charge is 0.241 e. The van der Waals surface area contributed by atoms with Crippen molar-refractivity contribution in [2.24, 2.45) is 23.2 Å². The highest BCUT2D eigenvalue weighted by Crippen LogP contribution is 2.60. The van der Waals surface area contributed by atoms with Crippen LogP contribution in [-0.2, 0) is 9.53 Å². The molecule has 0 aromatic carbocycles. The van der Waals surface area contributed by atoms with Crippen molar-refractivity contribution in [2.75, 3.05) is 33.4 Å². The van der Waals surface area contributed by atoms with E-state index in [-0.39, 0.29) is 24.4 Å². The van der Waals surface area contributed by atoms with Crippen LogP contribution >= 0.6 is 12.4 Å². The number of rotatable bonds is 3. The molecule has 1 N–H and O–H groups in total. The number of hydrogen-bond donors (Lipinski definition) is 1. The maximum atomic E-state index is 12.6. The van der Waals surface area contributed by atoms with Crippen LogP contribution in [0.5, 0.6) is 0 Å². The van der Waals surface area contributed by atoms with E-state index in [0.29, 0.717) is 12.0 Å². The number of nitrogens with one attached hydrogen (secondary N) is 1. The lowest BCUT2D eigenvalue weighted by atomic mass is 9.49. The van der Waals surface area contributed by atoms with Gasteiger partial charge in [0, 0.05) is 20.1 Å². The van der Waals surface area contributed by atoms with Crippen molar-refractivity contribution in [2.45, 2.75) is 44.6 Å². The normalized spacial score (nSPS) is 42.8. The molecule has 4 nitrogen and oxygen atoms in total. The van der Waals surface area contributed by atoms with Crippen molar-refractivity contribution in [3.05, 3.63) is 0 Å². The lowest BCUT2D eigenvalue weighted by Crippen LogP contribution is -2.56. The third kappa shape index (κ3) is 3.02. The topological polar surface area (TPSA) is 41.6 Å². The number of carbonyl (C=O) groups excluding carboxylic acids is 1. The summed E-state index contributed by atoms with van der Waals surface area (Å²) in [5, 5.41) is 3.29. The van der Waals surface area contributed by atoms with Crippen LogP contribution in [0.15, 0.2) is 0 Å². The monoisotopic (exact) mass is 328 g/mol. The van der Waals surface area contributed by atoms with Crippen LogP contribution in [-0.4, -0.2) is 50.2 Å². The molecule has 4 bridgehead atoms. The summed E-state index contributed by atoms with van der Waals surface area (Å²) in [5.41, 5.74) is 0.439. The predicted octanol–water partition coefficient (Wildman–Crippen LogP) is 2.07. The van der Waals surface area contributed by atoms with Crippen LogP contribution in [0.2, 0.25) is 0 Å². The standard InChI is InChI=1S/C17H28N2O2.ClH/c1-19(16(20)15-10-21-3-2-18-15)11-17-7-12-4-13(8-17)6-14(5-12)9-17;/h12-15,18H,2-11H2,1H3;1H. The third-order valence-corrected chi connectivity index (χ3v) is 6.33. The Morgan fingerprint density at radius 2 is 1.77 bits per heavy atom. The molecule has 5 rings (SSSR count). The first-order chi connectivity index (χ1) is 10.1. The second-order valence-electron chi connectivity index (χ2n) is 8.19. The van der Waals surface area contributed by atoms with Gasteiger partial charge in [-0.3, -0.25) is 4.79 Å². The fraction of sp³-hybridized carbons (Fsp3) is 0.941. The van der Waals surface area contributed by atoms with E-state index in [0.717, 1.165) is 37.5 Å². The van der Waals surface area contributed by atoms with Gasteiger partial charge in [0.15, 0.2) is 0 Å². The first kappa shape index (κ1) is 16.5. The summed E-state index contributed by atoms with van der Waals surface area (Å²) in [6.07, 6.45) is 8.50. The molecule has 1 amide bonds. The molecule has 1 saturated heterocycles. The van der Waals surface area contributed by atoms with Crippen molar-refractivity contribution >= 4 is 18.3 Å². The maximum absolute atomic E-state index is 12.6. The highest BCUT2D eigenvalue weighted by atomic mass is 35.5. The average molecular weight is 329 g/mol. The quantitative estimate of drug-likeness (QED) is 0.862. The minimum Gasteiger partial charge on any atom is -0.378 e. The Balaban J connectivity index is 0.00000144. The zero-order valence-corrected chi connectivity index (χ0v) is 14.4. The summed E-state index contributed by atoms with van der Waals surface area (Å²) in [5.74, 6) is 3.09. The molecule has 0 aromatic heterocycles. The molecule has 0 radical (unpaired) electrons. The Morgan fingerprint density at radius 1 is 1.18 bits per heavy atom. The van der Waals surface area contributed by atoms with E-state index in [9.17, 15) is 4.79 Å². The van der Waals surface area contributed by atoms with Gasteiger partial charge in [-0.15, -0.1) is 12.4 Å². The van der Waals surface area contributed by atoms with E-state index in [1.165, 1.54) is 38.5 Å². The van der Waals surface area contributed by atoms with Gasteiger partial charge < -0.3 is 15.0 Å². The van der Waals surface area contributed by atoms with E-state index in [2.05, 4.69) is 5.32 Å². The molecule has 0 aromatic rings. The lowest BCUT2D eigenvalue weighted by Gasteiger charge is -2.57. The fourth-order valence-corrected chi connectivity index (χ4v) is 6.05. The second kappa shape index (κ2) is 6.29. The molecular weight excluding hydrogens is 300 g/mol. The SMILES string of the molecule is CN(CC12CC3CC(CC(C3)C1)C2)C(=O)C1COCCN1.Cl. The van der Waals surface area contributed by atoms with E-state index in [4.69, 9.17) is 4.74 Å². The summed E-state index contributed by atoms with van der Waals surface area (Å²) in [6, 6.07) is -0.127. The number of ether oxygens (including phenoxy) is 1. The van der Waals surface area contributed by atoms with Crippen LogP contribution < -0.4 is 5.32 Å². The van der Waals surface area contributed by atoms with Crippen molar-refractivity contribution in [3.8, 4) is 0 Å². The first-order valence-corrected chi connectivity index (χ1v) is 8.70. The third-order valence-electron chi connectivity index (χ3n) is 6.33. The molecule has 4 saturated carbocycles. The zero-order valence-electron chi connectivity index (χ0n) is 13.6. The zero-order chi connectivity index (χ0) is 14.4. The number of nitrogens with zero attached hydrogens (tertiary/aromatic N) is 1. The Kier molecular flexibility index (Phi) is 4.73. The van der Waals surface area contributed by atoms with Gasteiger partial charge in [-0.25, -0.2) is 0 Å². The Hall–Kier alpha value is -0.320. The number of halogens is 1. The van der Waals surface area contributed by atoms with Crippen molar-refractivity contribution in [1.82, 2.24) is 10.2 Å². The molecule has 22 heavy (non-hydrogen) atoms. The summed E-state index contributed by atoms with van der Waals surface area (Å²) < 4.78 is 5.44. The first-order valence-electron chi connectivity index (χ1n) is 8.70. The highest BCUT2D eigenvalue weighted by Gasteiger charge is 2.51. The fourth-order valence-electron chi connectivity index (χ4n) is 6.05. The molecule has 126 valence electrons. The predicted molar refractivity (Wildman–Crippen MR) is 88.1 cm³/mol. The van der Waals surface area contributed by atoms with Crippen LogP contribution in [0.3, 0.4) is 0 Å². The number of hydrogen-bond acceptors (Lipinski definition) is 3. The van der Waals surface area contributed by atoms with Crippen molar-refractivity contribution < 1.29 is 9.53 Å². The molecule has 5 aliphatic rings. The Labute approximate surface area is 139 Å². The summed E-state index contributed by atoms with van der Waals surface area (Å²) in [6.45, 7) is 3.02. The molecule has 5 heteroatoms. The molecule has 1 unspecified atom stereocenters. The maximum Gasteiger partial charge on any atom is 0.241 e. The number of carbonyl (C=O) groups is 1. The minimum atomic E-state index is -0.127. The van der Waals surface area contributed by atoms with Gasteiger partial charge in [-0.1, -0.05) is 0 Å². The van der Waals surface area contributed by atoms with Gasteiger partial charge in [0.2, 0.25) is 5.91 Å². The molecule has 0 spiro atoms. The Morgan fingerprint density at radius 3 is 2.27 bits per heavy atom. The number of amides is 1. The van der Waals surface area contributed by atoms with Gasteiger partial charge in [0.25, 0.3) is 0 Å². The van der Waals surface area contributed by atoms with E-state index < -0.39 is 0 Å². The van der Waals surface area contributed by atoms with Crippen molar-refractivity contribution in [1.29, 1.82) is 0 Å². The van der Waals surface area contributed by atoms with Crippen LogP contribution in [0.25, 0.3) is 0 Å². The molecular formula is C17H29ClN2O2. The van der Waals surface area contributed by atoms with E-state index in [1.54, 1.807) is 0 Å². The largest absolute Gasteiger partial charge is 0.378 e. The highest BCUT2D eigenvalue weighted by molar-refractivity contribution is 5.85. The van der Waals surface area contributed by atoms with Gasteiger partial charge in [-0.2, -0.15) is 0 Å². The van der Waals surface area contributed by atoms with Gasteiger partial charge in [-0.05, 0) is 61.7 Å². The van der Waals surface area contributed by atoms with Gasteiger partial charge in [0.1, 0.15) is 6.04 Å².